The molecular formula is C26H30N2O6. The zero-order valence-electron chi connectivity index (χ0n) is 19.7. The molecule has 2 aromatic rings. The summed E-state index contributed by atoms with van der Waals surface area (Å²) in [7, 11) is 0. The molecule has 2 aliphatic rings. The SMILES string of the molecule is CC(C)(C)OC(=O)N1CC2(CCN(C(=O)OCc3ccccc3)CC2)c2ccc(C(=O)O)cc21. The van der Waals surface area contributed by atoms with Gasteiger partial charge in [0, 0.05) is 25.0 Å². The van der Waals surface area contributed by atoms with E-state index >= 15 is 0 Å². The largest absolute Gasteiger partial charge is 0.478 e. The standard InChI is InChI=1S/C26H30N2O6/c1-25(2,3)34-24(32)28-17-26(20-10-9-19(22(29)30)15-21(20)28)11-13-27(14-12-26)23(31)33-16-18-7-5-4-6-8-18/h4-10,15H,11-14,16-17H2,1-3H3,(H,29,30). The van der Waals surface area contributed by atoms with Gasteiger partial charge in [0.25, 0.3) is 0 Å². The number of ether oxygens (including phenoxy) is 2. The van der Waals surface area contributed by atoms with Gasteiger partial charge in [-0.25, -0.2) is 14.4 Å². The Balaban J connectivity index is 1.50. The summed E-state index contributed by atoms with van der Waals surface area (Å²) >= 11 is 0. The number of hydrogen-bond acceptors (Lipinski definition) is 5. The molecule has 8 heteroatoms. The number of carbonyl (C=O) groups excluding carboxylic acids is 2. The lowest BCUT2D eigenvalue weighted by Gasteiger charge is -2.39. The molecule has 1 N–H and O–H groups in total. The van der Waals surface area contributed by atoms with Crippen molar-refractivity contribution in [2.24, 2.45) is 0 Å². The number of carbonyl (C=O) groups is 3. The predicted octanol–water partition coefficient (Wildman–Crippen LogP) is 4.81. The summed E-state index contributed by atoms with van der Waals surface area (Å²) in [6.07, 6.45) is 0.401. The van der Waals surface area contributed by atoms with Crippen molar-refractivity contribution in [1.29, 1.82) is 0 Å². The second-order valence-corrected chi connectivity index (χ2v) is 9.91. The summed E-state index contributed by atoms with van der Waals surface area (Å²) < 4.78 is 11.1. The number of piperidine rings is 1. The average molecular weight is 467 g/mol. The van der Waals surface area contributed by atoms with E-state index in [0.29, 0.717) is 38.2 Å². The van der Waals surface area contributed by atoms with Gasteiger partial charge in [-0.05, 0) is 56.9 Å². The van der Waals surface area contributed by atoms with Crippen LogP contribution < -0.4 is 4.90 Å². The van der Waals surface area contributed by atoms with E-state index < -0.39 is 17.7 Å². The molecule has 2 heterocycles. The summed E-state index contributed by atoms with van der Waals surface area (Å²) in [6, 6.07) is 14.4. The van der Waals surface area contributed by atoms with E-state index in [-0.39, 0.29) is 23.7 Å². The molecule has 34 heavy (non-hydrogen) atoms. The van der Waals surface area contributed by atoms with Gasteiger partial charge in [-0.15, -0.1) is 0 Å². The molecule has 0 radical (unpaired) electrons. The van der Waals surface area contributed by atoms with E-state index in [9.17, 15) is 19.5 Å². The third-order valence-corrected chi connectivity index (χ3v) is 6.37. The van der Waals surface area contributed by atoms with Gasteiger partial charge in [-0.3, -0.25) is 4.90 Å². The highest BCUT2D eigenvalue weighted by Gasteiger charge is 2.48. The molecule has 2 amide bonds. The van der Waals surface area contributed by atoms with E-state index in [4.69, 9.17) is 9.47 Å². The van der Waals surface area contributed by atoms with Crippen molar-refractivity contribution in [2.45, 2.75) is 51.2 Å². The van der Waals surface area contributed by atoms with Crippen LogP contribution in [0.4, 0.5) is 15.3 Å². The molecule has 0 unspecified atom stereocenters. The average Bonchev–Trinajstić information content (AvgIpc) is 3.11. The summed E-state index contributed by atoms with van der Waals surface area (Å²) in [5, 5.41) is 9.47. The zero-order valence-corrected chi connectivity index (χ0v) is 19.7. The number of fused-ring (bicyclic) bond motifs is 2. The summed E-state index contributed by atoms with van der Waals surface area (Å²) in [5.41, 5.74) is 1.47. The third kappa shape index (κ3) is 4.85. The quantitative estimate of drug-likeness (QED) is 0.697. The lowest BCUT2D eigenvalue weighted by Crippen LogP contribution is -2.48. The van der Waals surface area contributed by atoms with E-state index in [1.54, 1.807) is 37.8 Å². The summed E-state index contributed by atoms with van der Waals surface area (Å²) in [6.45, 7) is 6.95. The first-order valence-electron chi connectivity index (χ1n) is 11.4. The lowest BCUT2D eigenvalue weighted by molar-refractivity contribution is 0.0560. The first kappa shape index (κ1) is 23.6. The van der Waals surface area contributed by atoms with Gasteiger partial charge in [-0.1, -0.05) is 36.4 Å². The molecule has 0 bridgehead atoms. The van der Waals surface area contributed by atoms with Crippen LogP contribution in [-0.4, -0.2) is 53.4 Å². The van der Waals surface area contributed by atoms with E-state index in [2.05, 4.69) is 0 Å². The number of benzene rings is 2. The molecule has 1 spiro atoms. The van der Waals surface area contributed by atoms with Gasteiger partial charge >= 0.3 is 18.2 Å². The van der Waals surface area contributed by atoms with Gasteiger partial charge < -0.3 is 19.5 Å². The smallest absolute Gasteiger partial charge is 0.414 e. The van der Waals surface area contributed by atoms with E-state index in [1.165, 1.54) is 11.0 Å². The summed E-state index contributed by atoms with van der Waals surface area (Å²) in [5.74, 6) is -1.05. The number of nitrogens with zero attached hydrogens (tertiary/aromatic N) is 2. The van der Waals surface area contributed by atoms with Crippen LogP contribution >= 0.6 is 0 Å². The number of carboxylic acid groups (broad SMARTS) is 1. The van der Waals surface area contributed by atoms with Crippen molar-refractivity contribution in [3.63, 3.8) is 0 Å². The van der Waals surface area contributed by atoms with Crippen molar-refractivity contribution >= 4 is 23.8 Å². The zero-order chi connectivity index (χ0) is 24.5. The Kier molecular flexibility index (Phi) is 6.25. The highest BCUT2D eigenvalue weighted by atomic mass is 16.6. The molecule has 0 saturated carbocycles. The van der Waals surface area contributed by atoms with Gasteiger partial charge in [-0.2, -0.15) is 0 Å². The number of likely N-dealkylation sites (tertiary alicyclic amines) is 1. The maximum atomic E-state index is 13.0. The number of hydrogen-bond donors (Lipinski definition) is 1. The first-order valence-corrected chi connectivity index (χ1v) is 11.4. The Morgan fingerprint density at radius 1 is 1.00 bits per heavy atom. The van der Waals surface area contributed by atoms with Crippen LogP contribution in [0.15, 0.2) is 48.5 Å². The van der Waals surface area contributed by atoms with Gasteiger partial charge in [0.1, 0.15) is 12.2 Å². The molecule has 8 nitrogen and oxygen atoms in total. The highest BCUT2D eigenvalue weighted by molar-refractivity contribution is 5.95. The molecule has 0 aliphatic carbocycles. The van der Waals surface area contributed by atoms with Crippen molar-refractivity contribution in [2.75, 3.05) is 24.5 Å². The lowest BCUT2D eigenvalue weighted by atomic mass is 9.74. The molecule has 0 aromatic heterocycles. The second-order valence-electron chi connectivity index (χ2n) is 9.91. The molecular weight excluding hydrogens is 436 g/mol. The van der Waals surface area contributed by atoms with Crippen LogP contribution in [0.3, 0.4) is 0 Å². The monoisotopic (exact) mass is 466 g/mol. The van der Waals surface area contributed by atoms with Crippen LogP contribution in [0.1, 0.15) is 55.1 Å². The molecule has 1 fully saturated rings. The van der Waals surface area contributed by atoms with Crippen molar-refractivity contribution in [1.82, 2.24) is 4.90 Å². The second kappa shape index (κ2) is 9.00. The molecule has 180 valence electrons. The Hall–Kier alpha value is -3.55. The van der Waals surface area contributed by atoms with Gasteiger partial charge in [0.2, 0.25) is 0 Å². The van der Waals surface area contributed by atoms with Crippen molar-refractivity contribution < 1.29 is 29.0 Å². The maximum absolute atomic E-state index is 13.0. The highest BCUT2D eigenvalue weighted by Crippen LogP contribution is 2.48. The fourth-order valence-electron chi connectivity index (χ4n) is 4.64. The predicted molar refractivity (Wildman–Crippen MR) is 126 cm³/mol. The number of anilines is 1. The topological polar surface area (TPSA) is 96.4 Å². The van der Waals surface area contributed by atoms with Crippen LogP contribution in [0.25, 0.3) is 0 Å². The fraction of sp³-hybridized carbons (Fsp3) is 0.423. The fourth-order valence-corrected chi connectivity index (χ4v) is 4.64. The van der Waals surface area contributed by atoms with Gasteiger partial charge in [0.05, 0.1) is 11.3 Å². The number of aromatic carboxylic acids is 1. The van der Waals surface area contributed by atoms with Crippen LogP contribution in [0.2, 0.25) is 0 Å². The Morgan fingerprint density at radius 3 is 2.29 bits per heavy atom. The van der Waals surface area contributed by atoms with E-state index in [0.717, 1.165) is 11.1 Å². The maximum Gasteiger partial charge on any atom is 0.414 e. The number of amides is 2. The Labute approximate surface area is 199 Å². The van der Waals surface area contributed by atoms with E-state index in [1.807, 2.05) is 30.3 Å². The minimum atomic E-state index is -1.05. The van der Waals surface area contributed by atoms with Crippen molar-refractivity contribution in [3.8, 4) is 0 Å². The molecule has 4 rings (SSSR count). The van der Waals surface area contributed by atoms with Crippen LogP contribution in [0, 0.1) is 0 Å². The number of rotatable bonds is 3. The summed E-state index contributed by atoms with van der Waals surface area (Å²) in [4.78, 5) is 40.4. The Bertz CT molecular complexity index is 1080. The van der Waals surface area contributed by atoms with Crippen LogP contribution in [0.5, 0.6) is 0 Å². The minimum absolute atomic E-state index is 0.117. The molecule has 0 atom stereocenters. The Morgan fingerprint density at radius 2 is 1.68 bits per heavy atom. The number of carboxylic acids is 1. The molecule has 2 aliphatic heterocycles. The first-order chi connectivity index (χ1) is 16.1. The van der Waals surface area contributed by atoms with Crippen molar-refractivity contribution in [3.05, 3.63) is 65.2 Å². The third-order valence-electron chi connectivity index (χ3n) is 6.37. The molecule has 1 saturated heterocycles. The molecule has 2 aromatic carbocycles. The minimum Gasteiger partial charge on any atom is -0.478 e. The normalized spacial score (nSPS) is 16.8. The van der Waals surface area contributed by atoms with Gasteiger partial charge in [0.15, 0.2) is 0 Å². The van der Waals surface area contributed by atoms with Crippen LogP contribution in [-0.2, 0) is 21.5 Å².